The molecule has 0 spiro atoms. The molecule has 0 unspecified atom stereocenters. The quantitative estimate of drug-likeness (QED) is 0.658. The fraction of sp³-hybridized carbons (Fsp3) is 0.235. The Kier molecular flexibility index (Phi) is 5.65. The lowest BCUT2D eigenvalue weighted by molar-refractivity contribution is 0.0955. The van der Waals surface area contributed by atoms with Crippen LogP contribution in [0.5, 0.6) is 0 Å². The van der Waals surface area contributed by atoms with Crippen LogP contribution in [0.4, 0.5) is 5.69 Å². The molecular formula is C17H20N4O. The molecule has 0 aliphatic rings. The van der Waals surface area contributed by atoms with Gasteiger partial charge in [-0.2, -0.15) is 5.10 Å². The molecule has 1 amide bonds. The average Bonchev–Trinajstić information content (AvgIpc) is 2.57. The molecule has 2 aromatic rings. The van der Waals surface area contributed by atoms with E-state index in [1.165, 1.54) is 0 Å². The Hall–Kier alpha value is -2.69. The molecule has 1 heterocycles. The van der Waals surface area contributed by atoms with Crippen molar-refractivity contribution in [1.82, 2.24) is 10.4 Å². The van der Waals surface area contributed by atoms with Gasteiger partial charge >= 0.3 is 0 Å². The molecule has 0 saturated heterocycles. The molecule has 22 heavy (non-hydrogen) atoms. The van der Waals surface area contributed by atoms with Crippen LogP contribution in [-0.2, 0) is 0 Å². The van der Waals surface area contributed by atoms with Crippen LogP contribution in [0.1, 0.15) is 29.8 Å². The summed E-state index contributed by atoms with van der Waals surface area (Å²) >= 11 is 0. The molecule has 0 bridgehead atoms. The van der Waals surface area contributed by atoms with E-state index in [0.29, 0.717) is 5.56 Å². The first kappa shape index (κ1) is 15.7. The maximum atomic E-state index is 12.3. The number of pyridine rings is 1. The van der Waals surface area contributed by atoms with E-state index in [0.717, 1.165) is 24.3 Å². The second kappa shape index (κ2) is 7.93. The van der Waals surface area contributed by atoms with Crippen molar-refractivity contribution >= 4 is 17.8 Å². The molecule has 0 saturated carbocycles. The van der Waals surface area contributed by atoms with E-state index < -0.39 is 0 Å². The highest BCUT2D eigenvalue weighted by atomic mass is 16.2. The Labute approximate surface area is 130 Å². The average molecular weight is 296 g/mol. The molecule has 0 aliphatic heterocycles. The number of hydrogen-bond donors (Lipinski definition) is 1. The molecule has 5 heteroatoms. The third kappa shape index (κ3) is 3.91. The van der Waals surface area contributed by atoms with Crippen molar-refractivity contribution in [3.05, 3.63) is 59.9 Å². The van der Waals surface area contributed by atoms with Gasteiger partial charge in [0.1, 0.15) is 0 Å². The molecular weight excluding hydrogens is 276 g/mol. The van der Waals surface area contributed by atoms with Crippen LogP contribution >= 0.6 is 0 Å². The topological polar surface area (TPSA) is 57.6 Å². The Morgan fingerprint density at radius 2 is 1.95 bits per heavy atom. The number of aromatic nitrogens is 1. The van der Waals surface area contributed by atoms with Crippen molar-refractivity contribution in [3.63, 3.8) is 0 Å². The minimum atomic E-state index is -0.262. The van der Waals surface area contributed by atoms with Crippen molar-refractivity contribution in [1.29, 1.82) is 0 Å². The SMILES string of the molecule is CCN(CC)c1ccncc1C(=O)NN=Cc1ccccc1. The highest BCUT2D eigenvalue weighted by Gasteiger charge is 2.14. The number of amides is 1. The zero-order valence-electron chi connectivity index (χ0n) is 12.9. The largest absolute Gasteiger partial charge is 0.371 e. The maximum absolute atomic E-state index is 12.3. The van der Waals surface area contributed by atoms with Crippen LogP contribution in [0.25, 0.3) is 0 Å². The highest BCUT2D eigenvalue weighted by molar-refractivity contribution is 5.99. The number of carbonyl (C=O) groups is 1. The molecule has 1 aromatic heterocycles. The predicted octanol–water partition coefficient (Wildman–Crippen LogP) is 2.69. The fourth-order valence-corrected chi connectivity index (χ4v) is 2.17. The second-order valence-corrected chi connectivity index (χ2v) is 4.67. The van der Waals surface area contributed by atoms with E-state index in [4.69, 9.17) is 0 Å². The Morgan fingerprint density at radius 1 is 1.23 bits per heavy atom. The first-order valence-electron chi connectivity index (χ1n) is 7.33. The van der Waals surface area contributed by atoms with Crippen molar-refractivity contribution in [3.8, 4) is 0 Å². The van der Waals surface area contributed by atoms with Crippen LogP contribution in [0.2, 0.25) is 0 Å². The van der Waals surface area contributed by atoms with Crippen LogP contribution in [0.15, 0.2) is 53.9 Å². The van der Waals surface area contributed by atoms with Crippen molar-refractivity contribution < 1.29 is 4.79 Å². The number of anilines is 1. The number of benzene rings is 1. The zero-order chi connectivity index (χ0) is 15.8. The lowest BCUT2D eigenvalue weighted by Gasteiger charge is -2.22. The number of carbonyl (C=O) groups excluding carboxylic acids is 1. The Bertz CT molecular complexity index is 636. The van der Waals surface area contributed by atoms with E-state index in [1.54, 1.807) is 18.6 Å². The van der Waals surface area contributed by atoms with Crippen LogP contribution in [-0.4, -0.2) is 30.2 Å². The van der Waals surface area contributed by atoms with Gasteiger partial charge in [0.25, 0.3) is 5.91 Å². The van der Waals surface area contributed by atoms with Crippen molar-refractivity contribution in [2.24, 2.45) is 5.10 Å². The summed E-state index contributed by atoms with van der Waals surface area (Å²) in [5, 5.41) is 4.00. The number of nitrogens with zero attached hydrogens (tertiary/aromatic N) is 3. The van der Waals surface area contributed by atoms with E-state index in [1.807, 2.05) is 36.4 Å². The van der Waals surface area contributed by atoms with Gasteiger partial charge in [0.15, 0.2) is 0 Å². The molecule has 1 aromatic carbocycles. The zero-order valence-corrected chi connectivity index (χ0v) is 12.9. The van der Waals surface area contributed by atoms with Gasteiger partial charge in [0.05, 0.1) is 17.5 Å². The summed E-state index contributed by atoms with van der Waals surface area (Å²) in [6.45, 7) is 5.76. The van der Waals surface area contributed by atoms with Gasteiger partial charge in [-0.15, -0.1) is 0 Å². The number of nitrogens with one attached hydrogen (secondary N) is 1. The third-order valence-corrected chi connectivity index (χ3v) is 3.33. The summed E-state index contributed by atoms with van der Waals surface area (Å²) in [6.07, 6.45) is 4.88. The van der Waals surface area contributed by atoms with Crippen molar-refractivity contribution in [2.75, 3.05) is 18.0 Å². The molecule has 1 N–H and O–H groups in total. The maximum Gasteiger partial charge on any atom is 0.275 e. The lowest BCUT2D eigenvalue weighted by atomic mass is 10.2. The normalized spacial score (nSPS) is 10.6. The van der Waals surface area contributed by atoms with Crippen LogP contribution < -0.4 is 10.3 Å². The molecule has 5 nitrogen and oxygen atoms in total. The molecule has 0 aliphatic carbocycles. The summed E-state index contributed by atoms with van der Waals surface area (Å²) in [5.41, 5.74) is 4.88. The number of hydrazone groups is 1. The van der Waals surface area contributed by atoms with Gasteiger partial charge in [-0.05, 0) is 25.5 Å². The Morgan fingerprint density at radius 3 is 2.64 bits per heavy atom. The molecule has 2 rings (SSSR count). The first-order valence-corrected chi connectivity index (χ1v) is 7.33. The lowest BCUT2D eigenvalue weighted by Crippen LogP contribution is -2.27. The summed E-state index contributed by atoms with van der Waals surface area (Å²) in [4.78, 5) is 18.5. The second-order valence-electron chi connectivity index (χ2n) is 4.67. The van der Waals surface area contributed by atoms with E-state index in [-0.39, 0.29) is 5.91 Å². The monoisotopic (exact) mass is 296 g/mol. The van der Waals surface area contributed by atoms with E-state index >= 15 is 0 Å². The van der Waals surface area contributed by atoms with E-state index in [9.17, 15) is 4.79 Å². The number of hydrogen-bond acceptors (Lipinski definition) is 4. The Balaban J connectivity index is 2.11. The summed E-state index contributed by atoms with van der Waals surface area (Å²) < 4.78 is 0. The molecule has 0 atom stereocenters. The van der Waals surface area contributed by atoms with Gasteiger partial charge in [-0.3, -0.25) is 9.78 Å². The smallest absolute Gasteiger partial charge is 0.275 e. The van der Waals surface area contributed by atoms with Gasteiger partial charge in [-0.25, -0.2) is 5.43 Å². The predicted molar refractivity (Wildman–Crippen MR) is 89.3 cm³/mol. The van der Waals surface area contributed by atoms with Gasteiger partial charge in [0, 0.05) is 25.5 Å². The molecule has 114 valence electrons. The number of rotatable bonds is 6. The molecule has 0 fully saturated rings. The fourth-order valence-electron chi connectivity index (χ4n) is 2.17. The minimum absolute atomic E-state index is 0.262. The van der Waals surface area contributed by atoms with Gasteiger partial charge < -0.3 is 4.90 Å². The first-order chi connectivity index (χ1) is 10.8. The minimum Gasteiger partial charge on any atom is -0.371 e. The van der Waals surface area contributed by atoms with E-state index in [2.05, 4.69) is 34.3 Å². The van der Waals surface area contributed by atoms with Gasteiger partial charge in [0.2, 0.25) is 0 Å². The highest BCUT2D eigenvalue weighted by Crippen LogP contribution is 2.18. The summed E-state index contributed by atoms with van der Waals surface area (Å²) in [7, 11) is 0. The van der Waals surface area contributed by atoms with Crippen LogP contribution in [0.3, 0.4) is 0 Å². The standard InChI is InChI=1S/C17H20N4O/c1-3-21(4-2)16-10-11-18-13-15(16)17(22)20-19-12-14-8-6-5-7-9-14/h5-13H,3-4H2,1-2H3,(H,20,22). The summed E-state index contributed by atoms with van der Waals surface area (Å²) in [6, 6.07) is 11.5. The third-order valence-electron chi connectivity index (χ3n) is 3.33. The summed E-state index contributed by atoms with van der Waals surface area (Å²) in [5.74, 6) is -0.262. The van der Waals surface area contributed by atoms with Crippen molar-refractivity contribution in [2.45, 2.75) is 13.8 Å². The molecule has 0 radical (unpaired) electrons. The van der Waals surface area contributed by atoms with Crippen LogP contribution in [0, 0.1) is 0 Å². The van der Waals surface area contributed by atoms with Gasteiger partial charge in [-0.1, -0.05) is 30.3 Å².